The van der Waals surface area contributed by atoms with Gasteiger partial charge in [0.25, 0.3) is 0 Å². The van der Waals surface area contributed by atoms with Crippen molar-refractivity contribution in [2.45, 2.75) is 0 Å². The first-order valence-electron chi connectivity index (χ1n) is 5.44. The van der Waals surface area contributed by atoms with Crippen LogP contribution in [0.5, 0.6) is 0 Å². The average molecular weight is 350 g/mol. The maximum absolute atomic E-state index is 13.6. The van der Waals surface area contributed by atoms with Crippen LogP contribution in [-0.4, -0.2) is 5.11 Å². The highest BCUT2D eigenvalue weighted by Crippen LogP contribution is 2.25. The predicted octanol–water partition coefficient (Wildman–Crippen LogP) is 5.59. The lowest BCUT2D eigenvalue weighted by molar-refractivity contribution is 0.632. The zero-order chi connectivity index (χ0) is 14.7. The van der Waals surface area contributed by atoms with E-state index in [1.54, 1.807) is 24.3 Å². The molecule has 0 aliphatic rings. The largest absolute Gasteiger partial charge is 0.332 e. The second-order valence-electron chi connectivity index (χ2n) is 3.83. The molecule has 0 unspecified atom stereocenters. The summed E-state index contributed by atoms with van der Waals surface area (Å²) in [6.07, 6.45) is 0. The normalized spacial score (nSPS) is 10.2. The molecule has 0 amide bonds. The Balaban J connectivity index is 2.07. The molecule has 104 valence electrons. The van der Waals surface area contributed by atoms with Crippen LogP contribution in [0.4, 0.5) is 15.8 Å². The Kier molecular flexibility index (Phi) is 5.05. The molecule has 0 saturated heterocycles. The minimum Gasteiger partial charge on any atom is -0.332 e. The minimum atomic E-state index is -0.490. The van der Waals surface area contributed by atoms with Crippen LogP contribution in [0.25, 0.3) is 0 Å². The van der Waals surface area contributed by atoms with E-state index in [1.165, 1.54) is 12.1 Å². The fraction of sp³-hybridized carbons (Fsp3) is 0. The molecular weight excluding hydrogens is 342 g/mol. The molecule has 0 atom stereocenters. The number of hydrogen-bond donors (Lipinski definition) is 2. The lowest BCUT2D eigenvalue weighted by Crippen LogP contribution is -2.19. The van der Waals surface area contributed by atoms with Gasteiger partial charge in [-0.1, -0.05) is 34.8 Å². The highest BCUT2D eigenvalue weighted by molar-refractivity contribution is 7.80. The van der Waals surface area contributed by atoms with E-state index in [1.807, 2.05) is 0 Å². The maximum Gasteiger partial charge on any atom is 0.175 e. The van der Waals surface area contributed by atoms with Crippen LogP contribution in [0.1, 0.15) is 0 Å². The highest BCUT2D eigenvalue weighted by Gasteiger charge is 2.06. The summed E-state index contributed by atoms with van der Waals surface area (Å²) in [6.45, 7) is 0. The molecule has 2 rings (SSSR count). The van der Waals surface area contributed by atoms with Crippen LogP contribution in [0, 0.1) is 5.82 Å². The van der Waals surface area contributed by atoms with Gasteiger partial charge in [-0.2, -0.15) is 0 Å². The van der Waals surface area contributed by atoms with E-state index in [0.717, 1.165) is 0 Å². The fourth-order valence-corrected chi connectivity index (χ4v) is 2.13. The van der Waals surface area contributed by atoms with E-state index >= 15 is 0 Å². The average Bonchev–Trinajstić information content (AvgIpc) is 2.37. The lowest BCUT2D eigenvalue weighted by Gasteiger charge is -2.11. The summed E-state index contributed by atoms with van der Waals surface area (Å²) in [5.41, 5.74) is 0.873. The molecule has 7 heteroatoms. The molecule has 0 fully saturated rings. The van der Waals surface area contributed by atoms with Gasteiger partial charge in [0, 0.05) is 10.7 Å². The third-order valence-corrected chi connectivity index (χ3v) is 3.54. The van der Waals surface area contributed by atoms with E-state index in [-0.39, 0.29) is 10.8 Å². The zero-order valence-electron chi connectivity index (χ0n) is 9.88. The summed E-state index contributed by atoms with van der Waals surface area (Å²) in [6, 6.07) is 9.23. The molecule has 0 aliphatic heterocycles. The Hall–Kier alpha value is -1.07. The third-order valence-electron chi connectivity index (χ3n) is 2.36. The van der Waals surface area contributed by atoms with Crippen LogP contribution in [-0.2, 0) is 0 Å². The molecule has 0 heterocycles. The summed E-state index contributed by atoms with van der Waals surface area (Å²) < 4.78 is 13.6. The topological polar surface area (TPSA) is 24.1 Å². The Labute approximate surface area is 135 Å². The summed E-state index contributed by atoms with van der Waals surface area (Å²) in [4.78, 5) is 0. The smallest absolute Gasteiger partial charge is 0.175 e. The first kappa shape index (κ1) is 15.3. The summed E-state index contributed by atoms with van der Waals surface area (Å²) >= 11 is 22.5. The molecule has 2 nitrogen and oxygen atoms in total. The molecule has 0 saturated carbocycles. The van der Waals surface area contributed by atoms with Crippen LogP contribution in [0.15, 0.2) is 36.4 Å². The monoisotopic (exact) mass is 348 g/mol. The Morgan fingerprint density at radius 3 is 2.35 bits per heavy atom. The maximum atomic E-state index is 13.6. The van der Waals surface area contributed by atoms with Gasteiger partial charge in [-0.15, -0.1) is 0 Å². The van der Waals surface area contributed by atoms with E-state index in [9.17, 15) is 4.39 Å². The number of rotatable bonds is 2. The van der Waals surface area contributed by atoms with Crippen molar-refractivity contribution in [3.8, 4) is 0 Å². The van der Waals surface area contributed by atoms with Gasteiger partial charge in [-0.3, -0.25) is 0 Å². The molecular formula is C13H8Cl3FN2S. The number of anilines is 2. The number of nitrogens with one attached hydrogen (secondary N) is 2. The molecule has 0 bridgehead atoms. The Bertz CT molecular complexity index is 664. The van der Waals surface area contributed by atoms with Crippen LogP contribution >= 0.6 is 47.0 Å². The Morgan fingerprint density at radius 2 is 1.70 bits per heavy atom. The van der Waals surface area contributed by atoms with Crippen molar-refractivity contribution in [2.75, 3.05) is 10.6 Å². The van der Waals surface area contributed by atoms with Crippen molar-refractivity contribution in [1.82, 2.24) is 0 Å². The van der Waals surface area contributed by atoms with Gasteiger partial charge < -0.3 is 10.6 Å². The van der Waals surface area contributed by atoms with Crippen LogP contribution in [0.3, 0.4) is 0 Å². The molecule has 2 N–H and O–H groups in total. The van der Waals surface area contributed by atoms with Crippen molar-refractivity contribution in [3.05, 3.63) is 57.3 Å². The van der Waals surface area contributed by atoms with Gasteiger partial charge in [-0.25, -0.2) is 4.39 Å². The first-order chi connectivity index (χ1) is 9.45. The van der Waals surface area contributed by atoms with E-state index in [4.69, 9.17) is 47.0 Å². The highest BCUT2D eigenvalue weighted by atomic mass is 35.5. The quantitative estimate of drug-likeness (QED) is 0.691. The fourth-order valence-electron chi connectivity index (χ4n) is 1.45. The van der Waals surface area contributed by atoms with Crippen molar-refractivity contribution >= 4 is 63.5 Å². The number of halogens is 4. The van der Waals surface area contributed by atoms with Gasteiger partial charge in [0.05, 0.1) is 15.7 Å². The van der Waals surface area contributed by atoms with Gasteiger partial charge in [0.15, 0.2) is 5.11 Å². The minimum absolute atomic E-state index is 0.226. The van der Waals surface area contributed by atoms with Crippen LogP contribution in [0.2, 0.25) is 15.1 Å². The molecule has 2 aromatic carbocycles. The molecule has 0 aliphatic carbocycles. The van der Waals surface area contributed by atoms with E-state index in [2.05, 4.69) is 10.6 Å². The summed E-state index contributed by atoms with van der Waals surface area (Å²) in [5, 5.41) is 7.00. The van der Waals surface area contributed by atoms with Gasteiger partial charge in [0.2, 0.25) is 0 Å². The van der Waals surface area contributed by atoms with Crippen LogP contribution < -0.4 is 10.6 Å². The summed E-state index contributed by atoms with van der Waals surface area (Å²) in [5.74, 6) is -0.490. The SMILES string of the molecule is Fc1cc(Cl)ccc1NC(=S)Nc1ccc(Cl)c(Cl)c1. The zero-order valence-corrected chi connectivity index (χ0v) is 13.0. The standard InChI is InChI=1S/C13H8Cl3FN2S/c14-7-1-4-12(11(17)5-7)19-13(20)18-8-2-3-9(15)10(16)6-8/h1-6H,(H2,18,19,20). The second-order valence-corrected chi connectivity index (χ2v) is 5.49. The second kappa shape index (κ2) is 6.59. The molecule has 20 heavy (non-hydrogen) atoms. The van der Waals surface area contributed by atoms with Crippen molar-refractivity contribution < 1.29 is 4.39 Å². The molecule has 0 spiro atoms. The lowest BCUT2D eigenvalue weighted by atomic mass is 10.3. The molecule has 0 radical (unpaired) electrons. The summed E-state index contributed by atoms with van der Waals surface area (Å²) in [7, 11) is 0. The third kappa shape index (κ3) is 3.96. The van der Waals surface area contributed by atoms with Crippen molar-refractivity contribution in [2.24, 2.45) is 0 Å². The van der Waals surface area contributed by atoms with Gasteiger partial charge >= 0.3 is 0 Å². The predicted molar refractivity (Wildman–Crippen MR) is 87.7 cm³/mol. The van der Waals surface area contributed by atoms with E-state index in [0.29, 0.717) is 20.8 Å². The van der Waals surface area contributed by atoms with Gasteiger partial charge in [-0.05, 0) is 48.6 Å². The van der Waals surface area contributed by atoms with Crippen molar-refractivity contribution in [1.29, 1.82) is 0 Å². The molecule has 0 aromatic heterocycles. The number of thiocarbonyl (C=S) groups is 1. The molecule has 2 aromatic rings. The number of hydrogen-bond acceptors (Lipinski definition) is 1. The van der Waals surface area contributed by atoms with Crippen molar-refractivity contribution in [3.63, 3.8) is 0 Å². The van der Waals surface area contributed by atoms with E-state index < -0.39 is 5.82 Å². The first-order valence-corrected chi connectivity index (χ1v) is 6.98. The Morgan fingerprint density at radius 1 is 0.950 bits per heavy atom. The van der Waals surface area contributed by atoms with Gasteiger partial charge in [0.1, 0.15) is 5.82 Å². The number of benzene rings is 2.